The van der Waals surface area contributed by atoms with E-state index in [0.717, 1.165) is 28.2 Å². The molecule has 1 unspecified atom stereocenters. The fourth-order valence-corrected chi connectivity index (χ4v) is 9.09. The lowest BCUT2D eigenvalue weighted by atomic mass is 9.76. The van der Waals surface area contributed by atoms with Crippen molar-refractivity contribution >= 4 is 53.4 Å². The van der Waals surface area contributed by atoms with Crippen molar-refractivity contribution in [2.75, 3.05) is 29.5 Å². The molecule has 4 N–H and O–H groups in total. The second-order valence-electron chi connectivity index (χ2n) is 14.7. The first-order valence-electron chi connectivity index (χ1n) is 17.9. The van der Waals surface area contributed by atoms with Gasteiger partial charge in [0.25, 0.3) is 30.4 Å². The van der Waals surface area contributed by atoms with E-state index in [0.29, 0.717) is 56.4 Å². The Balaban J connectivity index is 1.70. The fourth-order valence-electron chi connectivity index (χ4n) is 7.45. The number of rotatable bonds is 19. The zero-order chi connectivity index (χ0) is 40.1. The maximum Gasteiger partial charge on any atom is 0.303 e. The molecule has 54 heavy (non-hydrogen) atoms. The van der Waals surface area contributed by atoms with Gasteiger partial charge in [0.05, 0.1) is 21.8 Å². The van der Waals surface area contributed by atoms with Crippen molar-refractivity contribution in [3.63, 3.8) is 0 Å². The number of aliphatic carboxylic acids is 1. The zero-order valence-electron chi connectivity index (χ0n) is 31.1. The minimum Gasteiger partial charge on any atom is -0.481 e. The summed E-state index contributed by atoms with van der Waals surface area (Å²) in [6.45, 7) is 8.88. The monoisotopic (exact) mass is 807 g/mol. The lowest BCUT2D eigenvalue weighted by Crippen LogP contribution is -2.29. The number of fused-ring (bicyclic) bond motifs is 2. The largest absolute Gasteiger partial charge is 0.481 e. The standard InChI is InChI=1S/C38H50N2O11S3/c1-28-17-19-33-31(26-28)38(4,21-9-8-16-36(41)42)35(40(33)23-11-13-25-53(46,47)48)15-7-5-6-14-34-37(2,3)30-27-29(54(49,50)51)18-20-32(30)39(34)22-10-12-24-52(43,44)45/h5-7,14-15,17-20,26-27H,8-13,16,21-25H2,1-4H3,(H3-,41,42,43,44,45,46,47,48,49,50,51)/p+1. The molecule has 296 valence electrons. The Labute approximate surface area is 319 Å². The molecule has 13 nitrogen and oxygen atoms in total. The summed E-state index contributed by atoms with van der Waals surface area (Å²) in [6.07, 6.45) is 12.8. The highest BCUT2D eigenvalue weighted by Gasteiger charge is 2.45. The van der Waals surface area contributed by atoms with E-state index in [1.165, 1.54) is 12.1 Å². The molecular formula is C38H51N2O11S3+. The maximum atomic E-state index is 12.0. The summed E-state index contributed by atoms with van der Waals surface area (Å²) in [5.74, 6) is -1.58. The molecule has 0 amide bonds. The Bertz CT molecular complexity index is 2200. The summed E-state index contributed by atoms with van der Waals surface area (Å²) in [7, 11) is -12.7. The molecule has 0 radical (unpaired) electrons. The van der Waals surface area contributed by atoms with Crippen LogP contribution >= 0.6 is 0 Å². The third-order valence-electron chi connectivity index (χ3n) is 10.2. The molecule has 16 heteroatoms. The number of nitrogens with zero attached hydrogens (tertiary/aromatic N) is 2. The molecule has 2 aromatic rings. The molecule has 2 heterocycles. The third kappa shape index (κ3) is 10.8. The van der Waals surface area contributed by atoms with Crippen LogP contribution in [0.2, 0.25) is 0 Å². The average molecular weight is 808 g/mol. The van der Waals surface area contributed by atoms with Crippen LogP contribution in [0.4, 0.5) is 11.4 Å². The Morgan fingerprint density at radius 2 is 1.46 bits per heavy atom. The van der Waals surface area contributed by atoms with Crippen LogP contribution in [-0.4, -0.2) is 84.9 Å². The van der Waals surface area contributed by atoms with Gasteiger partial charge in [-0.1, -0.05) is 42.3 Å². The van der Waals surface area contributed by atoms with Crippen LogP contribution in [-0.2, 0) is 46.0 Å². The highest BCUT2D eigenvalue weighted by molar-refractivity contribution is 7.86. The highest BCUT2D eigenvalue weighted by Crippen LogP contribution is 2.51. The molecule has 0 fully saturated rings. The van der Waals surface area contributed by atoms with Crippen molar-refractivity contribution in [2.24, 2.45) is 0 Å². The lowest BCUT2D eigenvalue weighted by Gasteiger charge is -2.30. The number of carbonyl (C=O) groups is 1. The van der Waals surface area contributed by atoms with Gasteiger partial charge >= 0.3 is 5.97 Å². The molecule has 4 rings (SSSR count). The van der Waals surface area contributed by atoms with E-state index < -0.39 is 47.2 Å². The summed E-state index contributed by atoms with van der Waals surface area (Å²) in [6, 6.07) is 10.6. The zero-order valence-corrected chi connectivity index (χ0v) is 33.6. The fraction of sp³-hybridized carbons (Fsp3) is 0.474. The van der Waals surface area contributed by atoms with Gasteiger partial charge in [0.2, 0.25) is 5.69 Å². The van der Waals surface area contributed by atoms with Crippen LogP contribution in [0.1, 0.15) is 88.8 Å². The van der Waals surface area contributed by atoms with Crippen molar-refractivity contribution < 1.29 is 53.4 Å². The van der Waals surface area contributed by atoms with Gasteiger partial charge in [-0.05, 0) is 89.6 Å². The Morgan fingerprint density at radius 1 is 0.796 bits per heavy atom. The number of hydrogen-bond donors (Lipinski definition) is 4. The molecule has 0 saturated carbocycles. The number of benzene rings is 2. The van der Waals surface area contributed by atoms with Gasteiger partial charge in [-0.15, -0.1) is 0 Å². The van der Waals surface area contributed by atoms with E-state index in [1.807, 2.05) is 67.9 Å². The van der Waals surface area contributed by atoms with Gasteiger partial charge in [-0.3, -0.25) is 18.5 Å². The summed E-state index contributed by atoms with van der Waals surface area (Å²) < 4.78 is 99.7. The second kappa shape index (κ2) is 17.0. The first kappa shape index (κ1) is 43.1. The van der Waals surface area contributed by atoms with Crippen molar-refractivity contribution in [1.82, 2.24) is 0 Å². The van der Waals surface area contributed by atoms with Crippen LogP contribution < -0.4 is 4.90 Å². The predicted molar refractivity (Wildman–Crippen MR) is 209 cm³/mol. The number of allylic oxidation sites excluding steroid dienone is 6. The molecule has 1 atom stereocenters. The smallest absolute Gasteiger partial charge is 0.303 e. The van der Waals surface area contributed by atoms with Gasteiger partial charge in [-0.25, -0.2) is 0 Å². The molecule has 0 bridgehead atoms. The average Bonchev–Trinajstić information content (AvgIpc) is 3.40. The normalized spacial score (nSPS) is 19.4. The van der Waals surface area contributed by atoms with E-state index in [9.17, 15) is 48.8 Å². The van der Waals surface area contributed by atoms with Crippen LogP contribution in [0.3, 0.4) is 0 Å². The van der Waals surface area contributed by atoms with Crippen LogP contribution in [0.15, 0.2) is 77.4 Å². The van der Waals surface area contributed by atoms with Crippen molar-refractivity contribution in [3.8, 4) is 0 Å². The number of carboxylic acids is 1. The molecule has 0 aromatic heterocycles. The summed E-state index contributed by atoms with van der Waals surface area (Å²) in [5.41, 5.74) is 5.12. The van der Waals surface area contributed by atoms with Gasteiger partial charge in [-0.2, -0.15) is 29.8 Å². The number of hydrogen-bond acceptors (Lipinski definition) is 8. The first-order valence-corrected chi connectivity index (χ1v) is 22.5. The molecule has 0 aliphatic carbocycles. The number of unbranched alkanes of at least 4 members (excludes halogenated alkanes) is 3. The van der Waals surface area contributed by atoms with Crippen molar-refractivity contribution in [1.29, 1.82) is 0 Å². The molecule has 2 aromatic carbocycles. The quantitative estimate of drug-likeness (QED) is 0.0529. The van der Waals surface area contributed by atoms with Gasteiger partial charge in [0.15, 0.2) is 5.71 Å². The Kier molecular flexibility index (Phi) is 13.6. The molecular weight excluding hydrogens is 757 g/mol. The minimum atomic E-state index is -4.47. The van der Waals surface area contributed by atoms with E-state index in [2.05, 4.69) is 17.9 Å². The highest BCUT2D eigenvalue weighted by atomic mass is 32.2. The molecule has 0 spiro atoms. The summed E-state index contributed by atoms with van der Waals surface area (Å²) in [4.78, 5) is 13.2. The molecule has 2 aliphatic rings. The van der Waals surface area contributed by atoms with Gasteiger partial charge < -0.3 is 10.0 Å². The number of anilines is 1. The van der Waals surface area contributed by atoms with Crippen molar-refractivity contribution in [2.45, 2.75) is 94.8 Å². The van der Waals surface area contributed by atoms with Crippen molar-refractivity contribution in [3.05, 3.63) is 89.2 Å². The van der Waals surface area contributed by atoms with E-state index in [-0.39, 0.29) is 35.7 Å². The summed E-state index contributed by atoms with van der Waals surface area (Å²) in [5, 5.41) is 9.24. The first-order chi connectivity index (χ1) is 25.0. The molecule has 0 saturated heterocycles. The lowest BCUT2D eigenvalue weighted by molar-refractivity contribution is -0.438. The van der Waals surface area contributed by atoms with Crippen LogP contribution in [0.5, 0.6) is 0 Å². The van der Waals surface area contributed by atoms with Crippen LogP contribution in [0, 0.1) is 6.92 Å². The maximum absolute atomic E-state index is 12.0. The van der Waals surface area contributed by atoms with E-state index >= 15 is 0 Å². The predicted octanol–water partition coefficient (Wildman–Crippen LogP) is 6.37. The number of aryl methyl sites for hydroxylation is 1. The summed E-state index contributed by atoms with van der Waals surface area (Å²) >= 11 is 0. The van der Waals surface area contributed by atoms with Crippen LogP contribution in [0.25, 0.3) is 0 Å². The van der Waals surface area contributed by atoms with Gasteiger partial charge in [0.1, 0.15) is 6.54 Å². The Hall–Kier alpha value is -3.67. The number of carboxylic acid groups (broad SMARTS) is 1. The van der Waals surface area contributed by atoms with E-state index in [4.69, 9.17) is 0 Å². The third-order valence-corrected chi connectivity index (χ3v) is 12.6. The van der Waals surface area contributed by atoms with Gasteiger partial charge in [0, 0.05) is 53.9 Å². The SMILES string of the molecule is Cc1ccc2c(c1)C(C)(CCCCC(=O)O)\C(=C/C=C/C=C/C1=[N+](CCCCS(=O)(=O)O)c3ccc(S(=O)(=O)O)cc3C1(C)C)N2CCCCS(=O)(=O)O. The topological polar surface area (TPSA) is 207 Å². The Morgan fingerprint density at radius 3 is 2.09 bits per heavy atom. The molecule has 2 aliphatic heterocycles. The second-order valence-corrected chi connectivity index (χ2v) is 19.3. The van der Waals surface area contributed by atoms with E-state index in [1.54, 1.807) is 6.07 Å². The minimum absolute atomic E-state index is 0.0631.